The SMILES string of the molecule is Nc1ccccc1CNc1ccc(C(F)(F)F)cc1F. The summed E-state index contributed by atoms with van der Waals surface area (Å²) in [7, 11) is 0. The highest BCUT2D eigenvalue weighted by Crippen LogP contribution is 2.31. The maximum atomic E-state index is 13.6. The molecular formula is C14H12F4N2. The van der Waals surface area contributed by atoms with E-state index < -0.39 is 17.6 Å². The third-order valence-corrected chi connectivity index (χ3v) is 2.82. The monoisotopic (exact) mass is 284 g/mol. The van der Waals surface area contributed by atoms with Gasteiger partial charge in [0.15, 0.2) is 0 Å². The molecule has 0 bridgehead atoms. The number of hydrogen-bond donors (Lipinski definition) is 2. The van der Waals surface area contributed by atoms with E-state index in [2.05, 4.69) is 5.32 Å². The molecule has 0 amide bonds. The summed E-state index contributed by atoms with van der Waals surface area (Å²) >= 11 is 0. The predicted octanol–water partition coefficient (Wildman–Crippen LogP) is 4.04. The van der Waals surface area contributed by atoms with Crippen LogP contribution in [0.2, 0.25) is 0 Å². The van der Waals surface area contributed by atoms with E-state index in [0.717, 1.165) is 17.7 Å². The minimum Gasteiger partial charge on any atom is -0.398 e. The quantitative estimate of drug-likeness (QED) is 0.659. The van der Waals surface area contributed by atoms with Crippen molar-refractivity contribution in [1.82, 2.24) is 0 Å². The van der Waals surface area contributed by atoms with Gasteiger partial charge in [0.2, 0.25) is 0 Å². The maximum Gasteiger partial charge on any atom is 0.416 e. The molecule has 0 heterocycles. The fourth-order valence-electron chi connectivity index (χ4n) is 1.72. The molecule has 2 nitrogen and oxygen atoms in total. The Kier molecular flexibility index (Phi) is 3.83. The van der Waals surface area contributed by atoms with Crippen LogP contribution < -0.4 is 11.1 Å². The molecule has 2 aromatic carbocycles. The van der Waals surface area contributed by atoms with Gasteiger partial charge >= 0.3 is 6.18 Å². The lowest BCUT2D eigenvalue weighted by Gasteiger charge is -2.12. The Bertz CT molecular complexity index is 608. The summed E-state index contributed by atoms with van der Waals surface area (Å²) in [5, 5.41) is 2.73. The molecule has 0 spiro atoms. The van der Waals surface area contributed by atoms with E-state index in [0.29, 0.717) is 11.8 Å². The van der Waals surface area contributed by atoms with Crippen LogP contribution in [0.3, 0.4) is 0 Å². The summed E-state index contributed by atoms with van der Waals surface area (Å²) < 4.78 is 50.8. The fourth-order valence-corrected chi connectivity index (χ4v) is 1.72. The van der Waals surface area contributed by atoms with E-state index in [1.165, 1.54) is 0 Å². The summed E-state index contributed by atoms with van der Waals surface area (Å²) in [6.07, 6.45) is -4.55. The van der Waals surface area contributed by atoms with E-state index in [1.54, 1.807) is 24.3 Å². The van der Waals surface area contributed by atoms with Gasteiger partial charge in [-0.25, -0.2) is 4.39 Å². The molecule has 0 saturated heterocycles. The predicted molar refractivity (Wildman–Crippen MR) is 69.6 cm³/mol. The normalized spacial score (nSPS) is 11.4. The van der Waals surface area contributed by atoms with Crippen LogP contribution in [0.1, 0.15) is 11.1 Å². The second-order valence-electron chi connectivity index (χ2n) is 4.24. The largest absolute Gasteiger partial charge is 0.416 e. The molecule has 0 aliphatic heterocycles. The highest BCUT2D eigenvalue weighted by Gasteiger charge is 2.31. The lowest BCUT2D eigenvalue weighted by atomic mass is 10.1. The number of halogens is 4. The van der Waals surface area contributed by atoms with Crippen LogP contribution >= 0.6 is 0 Å². The number of rotatable bonds is 3. The van der Waals surface area contributed by atoms with Crippen molar-refractivity contribution >= 4 is 11.4 Å². The molecule has 106 valence electrons. The van der Waals surface area contributed by atoms with E-state index >= 15 is 0 Å². The van der Waals surface area contributed by atoms with Crippen LogP contribution in [0.25, 0.3) is 0 Å². The number of para-hydroxylation sites is 1. The number of nitrogens with two attached hydrogens (primary N) is 1. The van der Waals surface area contributed by atoms with Gasteiger partial charge in [-0.05, 0) is 29.8 Å². The van der Waals surface area contributed by atoms with E-state index in [1.807, 2.05) is 0 Å². The number of nitrogen functional groups attached to an aromatic ring is 1. The summed E-state index contributed by atoms with van der Waals surface area (Å²) in [4.78, 5) is 0. The molecule has 2 rings (SSSR count). The number of anilines is 2. The first-order valence-corrected chi connectivity index (χ1v) is 5.82. The molecule has 0 aliphatic rings. The maximum absolute atomic E-state index is 13.6. The van der Waals surface area contributed by atoms with Gasteiger partial charge in [0.1, 0.15) is 5.82 Å². The van der Waals surface area contributed by atoms with Gasteiger partial charge in [-0.15, -0.1) is 0 Å². The standard InChI is InChI=1S/C14H12F4N2/c15-11-7-10(14(16,17)18)5-6-13(11)20-8-9-3-1-2-4-12(9)19/h1-7,20H,8,19H2. The third-order valence-electron chi connectivity index (χ3n) is 2.82. The molecule has 2 aromatic rings. The average molecular weight is 284 g/mol. The minimum atomic E-state index is -4.55. The lowest BCUT2D eigenvalue weighted by molar-refractivity contribution is -0.137. The van der Waals surface area contributed by atoms with Crippen LogP contribution in [0, 0.1) is 5.82 Å². The Morgan fingerprint density at radius 3 is 2.35 bits per heavy atom. The molecule has 6 heteroatoms. The lowest BCUT2D eigenvalue weighted by Crippen LogP contribution is -2.08. The number of nitrogens with one attached hydrogen (secondary N) is 1. The summed E-state index contributed by atoms with van der Waals surface area (Å²) in [5.41, 5.74) is 5.99. The van der Waals surface area contributed by atoms with Crippen LogP contribution in [0.5, 0.6) is 0 Å². The molecule has 0 fully saturated rings. The van der Waals surface area contributed by atoms with Crippen molar-refractivity contribution in [3.63, 3.8) is 0 Å². The van der Waals surface area contributed by atoms with Gasteiger partial charge in [-0.3, -0.25) is 0 Å². The Labute approximate surface area is 113 Å². The molecule has 0 atom stereocenters. The first kappa shape index (κ1) is 14.2. The number of benzene rings is 2. The Balaban J connectivity index is 2.13. The summed E-state index contributed by atoms with van der Waals surface area (Å²) in [6.45, 7) is 0.231. The van der Waals surface area contributed by atoms with Crippen molar-refractivity contribution in [1.29, 1.82) is 0 Å². The minimum absolute atomic E-state index is 0.00116. The second kappa shape index (κ2) is 5.40. The van der Waals surface area contributed by atoms with Crippen molar-refractivity contribution < 1.29 is 17.6 Å². The smallest absolute Gasteiger partial charge is 0.398 e. The van der Waals surface area contributed by atoms with Gasteiger partial charge in [-0.1, -0.05) is 18.2 Å². The van der Waals surface area contributed by atoms with Crippen molar-refractivity contribution in [3.05, 3.63) is 59.4 Å². The zero-order chi connectivity index (χ0) is 14.8. The molecule has 0 radical (unpaired) electrons. The van der Waals surface area contributed by atoms with Crippen LogP contribution in [0.15, 0.2) is 42.5 Å². The van der Waals surface area contributed by atoms with Gasteiger partial charge in [0.25, 0.3) is 0 Å². The third kappa shape index (κ3) is 3.20. The van der Waals surface area contributed by atoms with Crippen molar-refractivity contribution in [2.24, 2.45) is 0 Å². The van der Waals surface area contributed by atoms with Gasteiger partial charge in [0, 0.05) is 12.2 Å². The van der Waals surface area contributed by atoms with Gasteiger partial charge < -0.3 is 11.1 Å². The Morgan fingerprint density at radius 1 is 1.05 bits per heavy atom. The summed E-state index contributed by atoms with van der Waals surface area (Å²) in [5.74, 6) is -0.950. The number of alkyl halides is 3. The van der Waals surface area contributed by atoms with Crippen LogP contribution in [-0.2, 0) is 12.7 Å². The highest BCUT2D eigenvalue weighted by atomic mass is 19.4. The van der Waals surface area contributed by atoms with E-state index in [4.69, 9.17) is 5.73 Å². The molecular weight excluding hydrogens is 272 g/mol. The number of hydrogen-bond acceptors (Lipinski definition) is 2. The topological polar surface area (TPSA) is 38.0 Å². The molecule has 0 aliphatic carbocycles. The Hall–Kier alpha value is -2.24. The van der Waals surface area contributed by atoms with Crippen LogP contribution in [-0.4, -0.2) is 0 Å². The van der Waals surface area contributed by atoms with Crippen molar-refractivity contribution in [2.45, 2.75) is 12.7 Å². The first-order valence-electron chi connectivity index (χ1n) is 5.82. The van der Waals surface area contributed by atoms with Crippen molar-refractivity contribution in [2.75, 3.05) is 11.1 Å². The highest BCUT2D eigenvalue weighted by molar-refractivity contribution is 5.51. The fraction of sp³-hybridized carbons (Fsp3) is 0.143. The molecule has 0 unspecified atom stereocenters. The molecule has 0 aromatic heterocycles. The van der Waals surface area contributed by atoms with E-state index in [-0.39, 0.29) is 12.2 Å². The molecule has 3 N–H and O–H groups in total. The first-order chi connectivity index (χ1) is 9.38. The van der Waals surface area contributed by atoms with E-state index in [9.17, 15) is 17.6 Å². The zero-order valence-electron chi connectivity index (χ0n) is 10.3. The zero-order valence-corrected chi connectivity index (χ0v) is 10.3. The summed E-state index contributed by atoms with van der Waals surface area (Å²) in [6, 6.07) is 9.35. The Morgan fingerprint density at radius 2 is 1.75 bits per heavy atom. The average Bonchev–Trinajstić information content (AvgIpc) is 2.38. The molecule has 0 saturated carbocycles. The van der Waals surface area contributed by atoms with Crippen molar-refractivity contribution in [3.8, 4) is 0 Å². The van der Waals surface area contributed by atoms with Gasteiger partial charge in [0.05, 0.1) is 11.3 Å². The second-order valence-corrected chi connectivity index (χ2v) is 4.24. The van der Waals surface area contributed by atoms with Crippen LogP contribution in [0.4, 0.5) is 28.9 Å². The van der Waals surface area contributed by atoms with Gasteiger partial charge in [-0.2, -0.15) is 13.2 Å². The molecule has 20 heavy (non-hydrogen) atoms.